The number of halogens is 4. The Morgan fingerprint density at radius 3 is 2.50 bits per heavy atom. The molecule has 0 aromatic heterocycles. The van der Waals surface area contributed by atoms with Gasteiger partial charge in [-0.3, -0.25) is 4.79 Å². The Bertz CT molecular complexity index is 524. The minimum absolute atomic E-state index is 0.0233. The first-order valence-electron chi connectivity index (χ1n) is 6.09. The van der Waals surface area contributed by atoms with Crippen LogP contribution < -0.4 is 5.32 Å². The van der Waals surface area contributed by atoms with Crippen molar-refractivity contribution in [3.63, 3.8) is 0 Å². The summed E-state index contributed by atoms with van der Waals surface area (Å²) in [6.07, 6.45) is -2.91. The zero-order valence-electron chi connectivity index (χ0n) is 10.4. The van der Waals surface area contributed by atoms with Crippen molar-refractivity contribution in [3.05, 3.63) is 35.1 Å². The maximum absolute atomic E-state index is 13.1. The second-order valence-electron chi connectivity index (χ2n) is 4.95. The molecule has 2 rings (SSSR count). The lowest BCUT2D eigenvalue weighted by molar-refractivity contribution is -0.140. The third-order valence-corrected chi connectivity index (χ3v) is 3.40. The normalized spacial score (nSPS) is 17.4. The number of aliphatic hydroxyl groups is 1. The number of nitrogens with one attached hydrogen (secondary N) is 1. The van der Waals surface area contributed by atoms with Crippen LogP contribution in [0.25, 0.3) is 0 Å². The molecule has 0 atom stereocenters. The maximum atomic E-state index is 13.1. The molecule has 1 aliphatic carbocycles. The fourth-order valence-electron chi connectivity index (χ4n) is 1.99. The van der Waals surface area contributed by atoms with Crippen molar-refractivity contribution in [3.8, 4) is 0 Å². The van der Waals surface area contributed by atoms with Crippen LogP contribution in [0.3, 0.4) is 0 Å². The minimum Gasteiger partial charge on any atom is -0.388 e. The molecule has 0 heterocycles. The number of benzene rings is 1. The summed E-state index contributed by atoms with van der Waals surface area (Å²) in [6.45, 7) is -0.0233. The average molecular weight is 291 g/mol. The zero-order chi connectivity index (χ0) is 15.0. The zero-order valence-corrected chi connectivity index (χ0v) is 10.4. The molecule has 0 radical (unpaired) electrons. The molecule has 1 aromatic carbocycles. The van der Waals surface area contributed by atoms with E-state index in [4.69, 9.17) is 0 Å². The molecule has 1 amide bonds. The number of hydrogen-bond acceptors (Lipinski definition) is 2. The Morgan fingerprint density at radius 2 is 2.00 bits per heavy atom. The van der Waals surface area contributed by atoms with Crippen molar-refractivity contribution in [2.24, 2.45) is 0 Å². The van der Waals surface area contributed by atoms with Gasteiger partial charge in [0.25, 0.3) is 5.91 Å². The van der Waals surface area contributed by atoms with E-state index in [1.54, 1.807) is 0 Å². The first-order chi connectivity index (χ1) is 9.21. The van der Waals surface area contributed by atoms with E-state index in [1.807, 2.05) is 0 Å². The molecule has 3 nitrogen and oxygen atoms in total. The van der Waals surface area contributed by atoms with Crippen LogP contribution in [-0.2, 0) is 6.18 Å². The quantitative estimate of drug-likeness (QED) is 0.841. The molecule has 1 fully saturated rings. The van der Waals surface area contributed by atoms with Gasteiger partial charge >= 0.3 is 6.18 Å². The monoisotopic (exact) mass is 291 g/mol. The van der Waals surface area contributed by atoms with Crippen molar-refractivity contribution in [1.29, 1.82) is 0 Å². The molecule has 0 unspecified atom stereocenters. The Morgan fingerprint density at radius 1 is 1.35 bits per heavy atom. The second kappa shape index (κ2) is 5.05. The van der Waals surface area contributed by atoms with Crippen molar-refractivity contribution in [2.75, 3.05) is 6.54 Å². The van der Waals surface area contributed by atoms with Crippen LogP contribution in [0, 0.1) is 5.82 Å². The average Bonchev–Trinajstić information content (AvgIpc) is 2.32. The molecule has 0 aliphatic heterocycles. The van der Waals surface area contributed by atoms with E-state index in [2.05, 4.69) is 5.32 Å². The molecular weight excluding hydrogens is 278 g/mol. The summed E-state index contributed by atoms with van der Waals surface area (Å²) in [7, 11) is 0. The highest BCUT2D eigenvalue weighted by molar-refractivity contribution is 5.94. The van der Waals surface area contributed by atoms with Crippen LogP contribution in [0.1, 0.15) is 35.2 Å². The second-order valence-corrected chi connectivity index (χ2v) is 4.95. The number of carbonyl (C=O) groups excluding carboxylic acids is 1. The van der Waals surface area contributed by atoms with Gasteiger partial charge in [-0.25, -0.2) is 4.39 Å². The van der Waals surface area contributed by atoms with Crippen LogP contribution >= 0.6 is 0 Å². The minimum atomic E-state index is -4.85. The van der Waals surface area contributed by atoms with Gasteiger partial charge in [0.05, 0.1) is 11.2 Å². The predicted octanol–water partition coefficient (Wildman–Crippen LogP) is 2.49. The predicted molar refractivity (Wildman–Crippen MR) is 62.5 cm³/mol. The summed E-state index contributed by atoms with van der Waals surface area (Å²) in [5.41, 5.74) is -2.74. The summed E-state index contributed by atoms with van der Waals surface area (Å²) in [5.74, 6) is -2.19. The molecule has 1 aliphatic rings. The third kappa shape index (κ3) is 3.09. The number of rotatable bonds is 3. The summed E-state index contributed by atoms with van der Waals surface area (Å²) in [4.78, 5) is 11.7. The Labute approximate surface area is 112 Å². The summed E-state index contributed by atoms with van der Waals surface area (Å²) in [5, 5.41) is 12.1. The van der Waals surface area contributed by atoms with Crippen LogP contribution in [0.4, 0.5) is 17.6 Å². The van der Waals surface area contributed by atoms with Crippen LogP contribution in [0.5, 0.6) is 0 Å². The van der Waals surface area contributed by atoms with E-state index >= 15 is 0 Å². The SMILES string of the molecule is O=C(NCC1(O)CCC1)c1ccc(F)c(C(F)(F)F)c1. The van der Waals surface area contributed by atoms with E-state index in [0.29, 0.717) is 25.0 Å². The highest BCUT2D eigenvalue weighted by Crippen LogP contribution is 2.32. The van der Waals surface area contributed by atoms with Crippen LogP contribution in [0.15, 0.2) is 18.2 Å². The van der Waals surface area contributed by atoms with Gasteiger partial charge in [0.2, 0.25) is 0 Å². The lowest BCUT2D eigenvalue weighted by Gasteiger charge is -2.36. The van der Waals surface area contributed by atoms with E-state index in [1.165, 1.54) is 0 Å². The Balaban J connectivity index is 2.10. The summed E-state index contributed by atoms with van der Waals surface area (Å²) >= 11 is 0. The van der Waals surface area contributed by atoms with Crippen molar-refractivity contribution < 1.29 is 27.5 Å². The molecule has 7 heteroatoms. The molecule has 1 saturated carbocycles. The van der Waals surface area contributed by atoms with Gasteiger partial charge in [-0.1, -0.05) is 0 Å². The molecular formula is C13H13F4NO2. The maximum Gasteiger partial charge on any atom is 0.419 e. The van der Waals surface area contributed by atoms with Gasteiger partial charge in [0.1, 0.15) is 5.82 Å². The smallest absolute Gasteiger partial charge is 0.388 e. The lowest BCUT2D eigenvalue weighted by atomic mass is 9.80. The van der Waals surface area contributed by atoms with Crippen LogP contribution in [0.2, 0.25) is 0 Å². The largest absolute Gasteiger partial charge is 0.419 e. The highest BCUT2D eigenvalue weighted by atomic mass is 19.4. The van der Waals surface area contributed by atoms with Gasteiger partial charge in [-0.15, -0.1) is 0 Å². The molecule has 0 spiro atoms. The first-order valence-corrected chi connectivity index (χ1v) is 6.09. The van der Waals surface area contributed by atoms with Crippen molar-refractivity contribution in [1.82, 2.24) is 5.32 Å². The van der Waals surface area contributed by atoms with Gasteiger partial charge in [0.15, 0.2) is 0 Å². The number of carbonyl (C=O) groups is 1. The molecule has 0 bridgehead atoms. The molecule has 110 valence electrons. The fourth-order valence-corrected chi connectivity index (χ4v) is 1.99. The lowest BCUT2D eigenvalue weighted by Crippen LogP contribution is -2.47. The Hall–Kier alpha value is -1.63. The number of amides is 1. The van der Waals surface area contributed by atoms with Crippen molar-refractivity contribution in [2.45, 2.75) is 31.0 Å². The third-order valence-electron chi connectivity index (χ3n) is 3.40. The van der Waals surface area contributed by atoms with Crippen molar-refractivity contribution >= 4 is 5.91 Å². The van der Waals surface area contributed by atoms with Crippen LogP contribution in [-0.4, -0.2) is 23.2 Å². The number of alkyl halides is 3. The number of hydrogen-bond donors (Lipinski definition) is 2. The van der Waals surface area contributed by atoms with Gasteiger partial charge in [-0.2, -0.15) is 13.2 Å². The molecule has 1 aromatic rings. The fraction of sp³-hybridized carbons (Fsp3) is 0.462. The summed E-state index contributed by atoms with van der Waals surface area (Å²) in [6, 6.07) is 2.05. The topological polar surface area (TPSA) is 49.3 Å². The standard InChI is InChI=1S/C13H13F4NO2/c14-10-3-2-8(6-9(10)13(15,16)17)11(19)18-7-12(20)4-1-5-12/h2-3,6,20H,1,4-5,7H2,(H,18,19). The van der Waals surface area contributed by atoms with E-state index in [0.717, 1.165) is 12.5 Å². The molecule has 0 saturated heterocycles. The van der Waals surface area contributed by atoms with Gasteiger partial charge < -0.3 is 10.4 Å². The summed E-state index contributed by atoms with van der Waals surface area (Å²) < 4.78 is 50.6. The highest BCUT2D eigenvalue weighted by Gasteiger charge is 2.36. The van der Waals surface area contributed by atoms with Gasteiger partial charge in [-0.05, 0) is 37.5 Å². The first kappa shape index (κ1) is 14.8. The molecule has 2 N–H and O–H groups in total. The molecule has 20 heavy (non-hydrogen) atoms. The van der Waals surface area contributed by atoms with E-state index < -0.39 is 29.1 Å². The van der Waals surface area contributed by atoms with E-state index in [-0.39, 0.29) is 12.1 Å². The van der Waals surface area contributed by atoms with Gasteiger partial charge in [0, 0.05) is 12.1 Å². The van der Waals surface area contributed by atoms with E-state index in [9.17, 15) is 27.5 Å². The Kier molecular flexibility index (Phi) is 3.73.